The molecule has 316 valence electrons. The number of nitrogens with zero attached hydrogens (tertiary/aromatic N) is 3. The van der Waals surface area contributed by atoms with Crippen LogP contribution < -0.4 is 14.4 Å². The lowest BCUT2D eigenvalue weighted by atomic mass is 9.63. The Kier molecular flexibility index (Phi) is 11.7. The van der Waals surface area contributed by atoms with E-state index in [1.54, 1.807) is 6.07 Å². The van der Waals surface area contributed by atoms with Crippen LogP contribution in [0, 0.1) is 23.7 Å². The number of anilines is 1. The Bertz CT molecular complexity index is 1980. The molecule has 2 aromatic carbocycles. The number of aryl methyl sites for hydroxylation is 1. The topological polar surface area (TPSA) is 101 Å². The molecule has 4 heterocycles. The minimum atomic E-state index is -4.00. The number of carbonyl (C=O) groups is 1. The number of morpholine rings is 1. The van der Waals surface area contributed by atoms with Gasteiger partial charge in [-0.2, -0.15) is 0 Å². The number of sulfonamides is 1. The Labute approximate surface area is 351 Å². The SMILES string of the molecule is CCO[C@]1(CN2CCN3CCOC[C@@H]3C2)/C=C/C[C@H](C)[C@@H](CC2CCC2)S(=O)(=O)NC(=O)c2ccc3c(c2)N(C[C@@H]2CC[C@H]21)C[C@@]1(CCCc2cc(Cl)ccc21)CO3. The van der Waals surface area contributed by atoms with Gasteiger partial charge >= 0.3 is 0 Å². The van der Waals surface area contributed by atoms with Crippen LogP contribution in [0.25, 0.3) is 0 Å². The number of hydrogen-bond acceptors (Lipinski definition) is 9. The average Bonchev–Trinajstić information content (AvgIpc) is 3.32. The Morgan fingerprint density at radius 1 is 1.03 bits per heavy atom. The van der Waals surface area contributed by atoms with Gasteiger partial charge in [0.15, 0.2) is 0 Å². The first-order valence-corrected chi connectivity index (χ1v) is 24.2. The maximum Gasteiger partial charge on any atom is 0.264 e. The van der Waals surface area contributed by atoms with Gasteiger partial charge in [-0.1, -0.05) is 56.0 Å². The summed E-state index contributed by atoms with van der Waals surface area (Å²) in [7, 11) is -4.00. The van der Waals surface area contributed by atoms with Crippen LogP contribution >= 0.6 is 11.6 Å². The fourth-order valence-electron chi connectivity index (χ4n) is 11.7. The van der Waals surface area contributed by atoms with Crippen LogP contribution in [0.5, 0.6) is 5.75 Å². The highest BCUT2D eigenvalue weighted by Gasteiger charge is 2.51. The van der Waals surface area contributed by atoms with Crippen LogP contribution in [-0.2, 0) is 31.3 Å². The quantitative estimate of drug-likeness (QED) is 0.314. The minimum absolute atomic E-state index is 0.185. The van der Waals surface area contributed by atoms with Gasteiger partial charge in [0, 0.05) is 74.5 Å². The molecule has 2 saturated heterocycles. The zero-order valence-electron chi connectivity index (χ0n) is 34.5. The van der Waals surface area contributed by atoms with Crippen LogP contribution in [0.15, 0.2) is 48.6 Å². The Balaban J connectivity index is 1.12. The summed E-state index contributed by atoms with van der Waals surface area (Å²) in [6, 6.07) is 12.2. The summed E-state index contributed by atoms with van der Waals surface area (Å²) in [6.45, 7) is 13.1. The second kappa shape index (κ2) is 16.7. The largest absolute Gasteiger partial charge is 0.490 e. The fourth-order valence-corrected chi connectivity index (χ4v) is 13.6. The molecule has 7 atom stereocenters. The first-order valence-electron chi connectivity index (χ1n) is 22.3. The summed E-state index contributed by atoms with van der Waals surface area (Å²) < 4.78 is 51.1. The number of nitrogens with one attached hydrogen (secondary N) is 1. The highest BCUT2D eigenvalue weighted by molar-refractivity contribution is 7.90. The van der Waals surface area contributed by atoms with Crippen molar-refractivity contribution in [2.45, 2.75) is 100 Å². The van der Waals surface area contributed by atoms with Crippen molar-refractivity contribution in [2.24, 2.45) is 23.7 Å². The normalized spacial score (nSPS) is 34.9. The fraction of sp³-hybridized carbons (Fsp3) is 0.674. The summed E-state index contributed by atoms with van der Waals surface area (Å²) in [5, 5.41) is 0.0700. The Morgan fingerprint density at radius 2 is 1.91 bits per heavy atom. The number of carbonyl (C=O) groups excluding carboxylic acids is 1. The summed E-state index contributed by atoms with van der Waals surface area (Å²) in [4.78, 5) is 21.7. The van der Waals surface area contributed by atoms with Crippen molar-refractivity contribution in [1.82, 2.24) is 14.5 Å². The lowest BCUT2D eigenvalue weighted by molar-refractivity contribution is -0.121. The third-order valence-electron chi connectivity index (χ3n) is 15.2. The van der Waals surface area contributed by atoms with Gasteiger partial charge in [0.1, 0.15) is 11.4 Å². The van der Waals surface area contributed by atoms with Crippen molar-refractivity contribution in [2.75, 3.05) is 77.1 Å². The van der Waals surface area contributed by atoms with Crippen molar-refractivity contribution in [3.8, 4) is 5.75 Å². The first kappa shape index (κ1) is 40.7. The first-order chi connectivity index (χ1) is 28.0. The molecular weight excluding hydrogens is 772 g/mol. The molecule has 4 fully saturated rings. The van der Waals surface area contributed by atoms with E-state index < -0.39 is 26.8 Å². The van der Waals surface area contributed by atoms with Crippen LogP contribution in [0.2, 0.25) is 5.02 Å². The molecule has 0 aromatic heterocycles. The monoisotopic (exact) mass is 834 g/mol. The third kappa shape index (κ3) is 7.97. The molecule has 4 aliphatic heterocycles. The Hall–Kier alpha value is -2.67. The van der Waals surface area contributed by atoms with Crippen molar-refractivity contribution in [1.29, 1.82) is 0 Å². The van der Waals surface area contributed by atoms with E-state index in [2.05, 4.69) is 50.6 Å². The lowest BCUT2D eigenvalue weighted by Crippen LogP contribution is -2.62. The molecule has 7 aliphatic rings. The molecule has 0 unspecified atom stereocenters. The predicted molar refractivity (Wildman–Crippen MR) is 228 cm³/mol. The van der Waals surface area contributed by atoms with Gasteiger partial charge in [-0.05, 0) is 117 Å². The van der Waals surface area contributed by atoms with E-state index in [0.717, 1.165) is 127 Å². The molecule has 2 bridgehead atoms. The molecule has 2 saturated carbocycles. The van der Waals surface area contributed by atoms with Crippen LogP contribution in [0.1, 0.15) is 93.1 Å². The minimum Gasteiger partial charge on any atom is -0.490 e. The Morgan fingerprint density at radius 3 is 2.71 bits per heavy atom. The summed E-state index contributed by atoms with van der Waals surface area (Å²) in [6.07, 6.45) is 14.1. The molecule has 12 heteroatoms. The molecule has 0 radical (unpaired) electrons. The molecule has 9 rings (SSSR count). The highest BCUT2D eigenvalue weighted by Crippen LogP contribution is 2.50. The maximum atomic E-state index is 14.3. The number of amides is 1. The van der Waals surface area contributed by atoms with E-state index in [4.69, 9.17) is 25.8 Å². The van der Waals surface area contributed by atoms with Crippen LogP contribution in [0.3, 0.4) is 0 Å². The standard InChI is InChI=1S/C46H63ClN4O6S/c1-3-57-46(30-49-19-20-50-21-22-55-28-38(50)27-49)18-5-7-32(2)43(23-33-8-4-9-33)58(53,54)48-44(52)35-12-16-42-41(25-35)51(26-36-11-14-40(36)46)29-45(31-56-42)17-6-10-34-24-37(47)13-15-39(34)45/h5,12-13,15-16,18,24-25,32-33,36,38,40,43H,3-4,6-11,14,17,19-23,26-31H2,1-2H3,(H,48,52)/b18-5+/t32-,36-,38-,40+,43+,45-,46-/m0/s1. The van der Waals surface area contributed by atoms with Crippen molar-refractivity contribution < 1.29 is 27.4 Å². The van der Waals surface area contributed by atoms with Crippen molar-refractivity contribution in [3.63, 3.8) is 0 Å². The second-order valence-corrected chi connectivity index (χ2v) is 21.1. The van der Waals surface area contributed by atoms with Crippen molar-refractivity contribution in [3.05, 3.63) is 70.3 Å². The molecule has 10 nitrogen and oxygen atoms in total. The number of hydrogen-bond donors (Lipinski definition) is 1. The van der Waals surface area contributed by atoms with Gasteiger partial charge in [0.2, 0.25) is 10.0 Å². The number of rotatable bonds is 6. The molecule has 3 aliphatic carbocycles. The molecule has 2 aromatic rings. The number of fused-ring (bicyclic) bond motifs is 5. The van der Waals surface area contributed by atoms with E-state index >= 15 is 0 Å². The van der Waals surface area contributed by atoms with E-state index in [1.807, 2.05) is 25.1 Å². The summed E-state index contributed by atoms with van der Waals surface area (Å²) in [5.74, 6) is 0.925. The zero-order chi connectivity index (χ0) is 40.1. The van der Waals surface area contributed by atoms with E-state index in [-0.39, 0.29) is 17.3 Å². The molecule has 58 heavy (non-hydrogen) atoms. The van der Waals surface area contributed by atoms with Gasteiger partial charge in [0.05, 0.1) is 30.8 Å². The molecule has 1 spiro atoms. The number of halogens is 1. The number of ether oxygens (including phenoxy) is 3. The average molecular weight is 836 g/mol. The number of piperazine rings is 1. The van der Waals surface area contributed by atoms with E-state index in [9.17, 15) is 13.2 Å². The molecule has 1 N–H and O–H groups in total. The maximum absolute atomic E-state index is 14.3. The predicted octanol–water partition coefficient (Wildman–Crippen LogP) is 6.85. The smallest absolute Gasteiger partial charge is 0.264 e. The lowest BCUT2D eigenvalue weighted by Gasteiger charge is -2.53. The van der Waals surface area contributed by atoms with E-state index in [0.29, 0.717) is 49.5 Å². The van der Waals surface area contributed by atoms with Gasteiger partial charge in [-0.3, -0.25) is 14.6 Å². The van der Waals surface area contributed by atoms with Crippen molar-refractivity contribution >= 4 is 33.2 Å². The highest BCUT2D eigenvalue weighted by atomic mass is 35.5. The summed E-state index contributed by atoms with van der Waals surface area (Å²) in [5.41, 5.74) is 2.95. The van der Waals surface area contributed by atoms with Gasteiger partial charge < -0.3 is 19.1 Å². The third-order valence-corrected chi connectivity index (χ3v) is 17.3. The van der Waals surface area contributed by atoms with Gasteiger partial charge in [0.25, 0.3) is 5.91 Å². The number of allylic oxidation sites excluding steroid dienone is 1. The number of benzene rings is 2. The van der Waals surface area contributed by atoms with Gasteiger partial charge in [-0.25, -0.2) is 13.1 Å². The molecular formula is C46H63ClN4O6S. The molecule has 1 amide bonds. The van der Waals surface area contributed by atoms with E-state index in [1.165, 1.54) is 11.1 Å². The van der Waals surface area contributed by atoms with Gasteiger partial charge in [-0.15, -0.1) is 0 Å². The zero-order valence-corrected chi connectivity index (χ0v) is 36.1. The van der Waals surface area contributed by atoms with Crippen LogP contribution in [-0.4, -0.2) is 113 Å². The second-order valence-electron chi connectivity index (χ2n) is 18.8. The van der Waals surface area contributed by atoms with Crippen LogP contribution in [0.4, 0.5) is 5.69 Å². The summed E-state index contributed by atoms with van der Waals surface area (Å²) >= 11 is 6.55.